The Bertz CT molecular complexity index is 650. The van der Waals surface area contributed by atoms with Crippen molar-refractivity contribution in [3.05, 3.63) is 44.7 Å². The number of nitrogens with one attached hydrogen (secondary N) is 1. The van der Waals surface area contributed by atoms with Crippen molar-refractivity contribution in [1.82, 2.24) is 9.55 Å². The number of carbonyl (C=O) groups excluding carboxylic acids is 1. The van der Waals surface area contributed by atoms with Crippen LogP contribution >= 0.6 is 31.9 Å². The van der Waals surface area contributed by atoms with Crippen LogP contribution in [0.15, 0.2) is 33.3 Å². The van der Waals surface area contributed by atoms with Crippen molar-refractivity contribution in [1.29, 1.82) is 0 Å². The minimum atomic E-state index is -0.168. The summed E-state index contributed by atoms with van der Waals surface area (Å²) in [6.07, 6.45) is 1.90. The maximum Gasteiger partial charge on any atom is 0.273 e. The topological polar surface area (TPSA) is 46.9 Å². The number of nitrogens with zero attached hydrogens (tertiary/aromatic N) is 2. The van der Waals surface area contributed by atoms with Crippen LogP contribution in [-0.2, 0) is 0 Å². The summed E-state index contributed by atoms with van der Waals surface area (Å²) in [5.74, 6) is 0.377. The van der Waals surface area contributed by atoms with Crippen LogP contribution in [0.5, 0.6) is 0 Å². The lowest BCUT2D eigenvalue weighted by atomic mass is 10.3. The molecule has 0 saturated heterocycles. The Kier molecular flexibility index (Phi) is 4.65. The fourth-order valence-electron chi connectivity index (χ4n) is 1.85. The molecule has 1 N–H and O–H groups in total. The molecular weight excluding hydrogens is 386 g/mol. The molecule has 0 bridgehead atoms. The molecule has 0 radical (unpaired) electrons. The second-order valence-electron chi connectivity index (χ2n) is 4.76. The lowest BCUT2D eigenvalue weighted by Gasteiger charge is -2.12. The summed E-state index contributed by atoms with van der Waals surface area (Å²) >= 11 is 6.79. The number of aryl methyl sites for hydroxylation is 1. The Morgan fingerprint density at radius 2 is 2.05 bits per heavy atom. The first-order valence-electron chi connectivity index (χ1n) is 6.20. The molecule has 0 aromatic carbocycles. The van der Waals surface area contributed by atoms with Gasteiger partial charge < -0.3 is 9.88 Å². The lowest BCUT2D eigenvalue weighted by molar-refractivity contribution is 0.101. The minimum Gasteiger partial charge on any atom is -0.340 e. The normalized spacial score (nSPS) is 10.9. The summed E-state index contributed by atoms with van der Waals surface area (Å²) < 4.78 is 3.73. The Balaban J connectivity index is 2.26. The van der Waals surface area contributed by atoms with Crippen molar-refractivity contribution < 1.29 is 4.79 Å². The summed E-state index contributed by atoms with van der Waals surface area (Å²) in [4.78, 5) is 16.7. The molecule has 6 heteroatoms. The molecule has 0 fully saturated rings. The van der Waals surface area contributed by atoms with Crippen LogP contribution in [0.25, 0.3) is 0 Å². The van der Waals surface area contributed by atoms with E-state index in [0.29, 0.717) is 11.5 Å². The van der Waals surface area contributed by atoms with Gasteiger partial charge in [-0.25, -0.2) is 4.98 Å². The summed E-state index contributed by atoms with van der Waals surface area (Å²) in [6.45, 7) is 5.95. The van der Waals surface area contributed by atoms with Gasteiger partial charge in [0.15, 0.2) is 0 Å². The van der Waals surface area contributed by atoms with E-state index in [1.807, 2.05) is 37.6 Å². The fraction of sp³-hybridized carbons (Fsp3) is 0.286. The molecule has 2 heterocycles. The van der Waals surface area contributed by atoms with Gasteiger partial charge in [0.25, 0.3) is 5.91 Å². The highest BCUT2D eigenvalue weighted by Gasteiger charge is 2.15. The molecule has 20 heavy (non-hydrogen) atoms. The van der Waals surface area contributed by atoms with Gasteiger partial charge in [0.2, 0.25) is 0 Å². The zero-order valence-electron chi connectivity index (χ0n) is 11.4. The van der Waals surface area contributed by atoms with Crippen LogP contribution < -0.4 is 5.32 Å². The van der Waals surface area contributed by atoms with E-state index in [2.05, 4.69) is 42.2 Å². The molecule has 4 nitrogen and oxygen atoms in total. The Morgan fingerprint density at radius 3 is 2.65 bits per heavy atom. The van der Waals surface area contributed by atoms with Crippen molar-refractivity contribution in [2.45, 2.75) is 26.8 Å². The van der Waals surface area contributed by atoms with Gasteiger partial charge >= 0.3 is 0 Å². The number of anilines is 1. The van der Waals surface area contributed by atoms with Crippen LogP contribution in [0, 0.1) is 6.92 Å². The molecule has 0 aliphatic rings. The summed E-state index contributed by atoms with van der Waals surface area (Å²) in [5.41, 5.74) is 1.44. The second kappa shape index (κ2) is 6.10. The highest BCUT2D eigenvalue weighted by atomic mass is 79.9. The molecule has 0 saturated carbocycles. The van der Waals surface area contributed by atoms with E-state index in [-0.39, 0.29) is 11.9 Å². The predicted octanol–water partition coefficient (Wildman–Crippen LogP) is 4.55. The molecule has 0 unspecified atom stereocenters. The van der Waals surface area contributed by atoms with Crippen molar-refractivity contribution in [3.63, 3.8) is 0 Å². The van der Waals surface area contributed by atoms with E-state index in [1.54, 1.807) is 12.1 Å². The monoisotopic (exact) mass is 399 g/mol. The maximum absolute atomic E-state index is 12.3. The third kappa shape index (κ3) is 3.30. The highest BCUT2D eigenvalue weighted by molar-refractivity contribution is 9.10. The van der Waals surface area contributed by atoms with Gasteiger partial charge in [-0.15, -0.1) is 0 Å². The van der Waals surface area contributed by atoms with Crippen molar-refractivity contribution in [2.75, 3.05) is 5.32 Å². The minimum absolute atomic E-state index is 0.168. The predicted molar refractivity (Wildman–Crippen MR) is 87.1 cm³/mol. The average Bonchev–Trinajstić information content (AvgIpc) is 2.76. The standard InChI is InChI=1S/C14H15Br2N3O/c1-8(2)19-7-10(15)6-12(19)14(20)18-13-5-4-11(16)9(3)17-13/h4-8H,1-3H3,(H,17,18,20). The molecule has 106 valence electrons. The number of pyridine rings is 1. The van der Waals surface area contributed by atoms with E-state index >= 15 is 0 Å². The van der Waals surface area contributed by atoms with Crippen LogP contribution in [0.1, 0.15) is 36.1 Å². The van der Waals surface area contributed by atoms with Gasteiger partial charge in [-0.3, -0.25) is 4.79 Å². The van der Waals surface area contributed by atoms with Crippen LogP contribution in [0.4, 0.5) is 5.82 Å². The summed E-state index contributed by atoms with van der Waals surface area (Å²) in [5, 5.41) is 2.82. The number of hydrogen-bond acceptors (Lipinski definition) is 2. The molecule has 0 spiro atoms. The van der Waals surface area contributed by atoms with E-state index < -0.39 is 0 Å². The van der Waals surface area contributed by atoms with E-state index in [0.717, 1.165) is 14.6 Å². The Labute approximate surface area is 134 Å². The quantitative estimate of drug-likeness (QED) is 0.821. The van der Waals surface area contributed by atoms with Gasteiger partial charge in [-0.1, -0.05) is 0 Å². The first-order valence-corrected chi connectivity index (χ1v) is 7.79. The summed E-state index contributed by atoms with van der Waals surface area (Å²) in [7, 11) is 0. The molecular formula is C14H15Br2N3O. The van der Waals surface area contributed by atoms with Gasteiger partial charge in [0, 0.05) is 21.2 Å². The van der Waals surface area contributed by atoms with Crippen molar-refractivity contribution in [3.8, 4) is 0 Å². The first kappa shape index (κ1) is 15.3. The van der Waals surface area contributed by atoms with Crippen molar-refractivity contribution in [2.24, 2.45) is 0 Å². The third-order valence-corrected chi connectivity index (χ3v) is 4.14. The van der Waals surface area contributed by atoms with E-state index in [4.69, 9.17) is 0 Å². The van der Waals surface area contributed by atoms with Crippen LogP contribution in [0.3, 0.4) is 0 Å². The zero-order valence-corrected chi connectivity index (χ0v) is 14.6. The van der Waals surface area contributed by atoms with Crippen LogP contribution in [-0.4, -0.2) is 15.5 Å². The van der Waals surface area contributed by atoms with Gasteiger partial charge in [-0.2, -0.15) is 0 Å². The van der Waals surface area contributed by atoms with E-state index in [9.17, 15) is 4.79 Å². The van der Waals surface area contributed by atoms with Gasteiger partial charge in [-0.05, 0) is 70.8 Å². The highest BCUT2D eigenvalue weighted by Crippen LogP contribution is 2.21. The zero-order chi connectivity index (χ0) is 14.9. The van der Waals surface area contributed by atoms with Gasteiger partial charge in [0.1, 0.15) is 11.5 Å². The average molecular weight is 401 g/mol. The molecule has 0 aliphatic carbocycles. The number of amides is 1. The largest absolute Gasteiger partial charge is 0.340 e. The van der Waals surface area contributed by atoms with Crippen molar-refractivity contribution >= 4 is 43.6 Å². The number of halogens is 2. The van der Waals surface area contributed by atoms with Crippen LogP contribution in [0.2, 0.25) is 0 Å². The number of carbonyl (C=O) groups is 1. The first-order chi connectivity index (χ1) is 9.38. The second-order valence-corrected chi connectivity index (χ2v) is 6.53. The molecule has 2 aromatic heterocycles. The molecule has 0 atom stereocenters. The number of aromatic nitrogens is 2. The summed E-state index contributed by atoms with van der Waals surface area (Å²) in [6, 6.07) is 5.66. The molecule has 2 aromatic rings. The SMILES string of the molecule is Cc1nc(NC(=O)c2cc(Br)cn2C(C)C)ccc1Br. The fourth-order valence-corrected chi connectivity index (χ4v) is 2.51. The smallest absolute Gasteiger partial charge is 0.273 e. The lowest BCUT2D eigenvalue weighted by Crippen LogP contribution is -2.18. The Hall–Kier alpha value is -1.14. The Morgan fingerprint density at radius 1 is 1.35 bits per heavy atom. The van der Waals surface area contributed by atoms with E-state index in [1.165, 1.54) is 0 Å². The number of hydrogen-bond donors (Lipinski definition) is 1. The van der Waals surface area contributed by atoms with Gasteiger partial charge in [0.05, 0.1) is 5.69 Å². The molecule has 0 aliphatic heterocycles. The molecule has 2 rings (SSSR count). The number of rotatable bonds is 3. The third-order valence-electron chi connectivity index (χ3n) is 2.87. The maximum atomic E-state index is 12.3. The molecule has 1 amide bonds.